The molecule has 122 valence electrons. The van der Waals surface area contributed by atoms with Gasteiger partial charge in [0.1, 0.15) is 5.60 Å². The highest BCUT2D eigenvalue weighted by Gasteiger charge is 2.45. The zero-order valence-corrected chi connectivity index (χ0v) is 13.5. The van der Waals surface area contributed by atoms with Crippen molar-refractivity contribution in [2.24, 2.45) is 5.73 Å². The van der Waals surface area contributed by atoms with Gasteiger partial charge in [-0.05, 0) is 40.0 Å². The molecule has 0 saturated carbocycles. The van der Waals surface area contributed by atoms with Crippen LogP contribution in [0.4, 0.5) is 4.79 Å². The number of nitrogens with two attached hydrogens (primary N) is 1. The Morgan fingerprint density at radius 1 is 1.33 bits per heavy atom. The van der Waals surface area contributed by atoms with Crippen LogP contribution in [-0.4, -0.2) is 71.0 Å². The number of aliphatic hydroxyl groups is 1. The second kappa shape index (κ2) is 6.10. The van der Waals surface area contributed by atoms with Gasteiger partial charge in [-0.1, -0.05) is 0 Å². The summed E-state index contributed by atoms with van der Waals surface area (Å²) in [6.45, 7) is 9.17. The van der Waals surface area contributed by atoms with Crippen molar-refractivity contribution in [2.75, 3.05) is 32.7 Å². The van der Waals surface area contributed by atoms with Gasteiger partial charge in [-0.15, -0.1) is 0 Å². The van der Waals surface area contributed by atoms with Crippen molar-refractivity contribution >= 4 is 6.09 Å². The van der Waals surface area contributed by atoms with Crippen LogP contribution < -0.4 is 5.73 Å². The van der Waals surface area contributed by atoms with Crippen LogP contribution in [-0.2, 0) is 4.74 Å². The number of amides is 1. The number of carbonyl (C=O) groups is 1. The summed E-state index contributed by atoms with van der Waals surface area (Å²) in [5.74, 6) is 0. The molecule has 0 spiro atoms. The fourth-order valence-electron chi connectivity index (χ4n) is 3.23. The maximum atomic E-state index is 12.2. The maximum absolute atomic E-state index is 12.2. The Balaban J connectivity index is 1.99. The smallest absolute Gasteiger partial charge is 0.410 e. The fraction of sp³-hybridized carbons (Fsp3) is 0.933. The molecule has 3 N–H and O–H groups in total. The lowest BCUT2D eigenvalue weighted by atomic mass is 9.92. The molecule has 21 heavy (non-hydrogen) atoms. The average molecular weight is 299 g/mol. The van der Waals surface area contributed by atoms with E-state index in [1.807, 2.05) is 20.8 Å². The Morgan fingerprint density at radius 3 is 2.48 bits per heavy atom. The van der Waals surface area contributed by atoms with Crippen molar-refractivity contribution < 1.29 is 14.6 Å². The van der Waals surface area contributed by atoms with E-state index in [4.69, 9.17) is 10.5 Å². The summed E-state index contributed by atoms with van der Waals surface area (Å²) >= 11 is 0. The average Bonchev–Trinajstić information content (AvgIpc) is 2.83. The van der Waals surface area contributed by atoms with Gasteiger partial charge in [0, 0.05) is 32.7 Å². The molecule has 0 aromatic rings. The SMILES string of the molecule is CC(C)(C)OC(=O)N1CCC(CN)(N2CCC(O)CC2)C1. The first-order valence-electron chi connectivity index (χ1n) is 7.87. The van der Waals surface area contributed by atoms with Crippen LogP contribution in [0.5, 0.6) is 0 Å². The highest BCUT2D eigenvalue weighted by molar-refractivity contribution is 5.68. The van der Waals surface area contributed by atoms with Crippen molar-refractivity contribution in [3.8, 4) is 0 Å². The first-order chi connectivity index (χ1) is 9.76. The molecular weight excluding hydrogens is 270 g/mol. The van der Waals surface area contributed by atoms with Gasteiger partial charge in [-0.25, -0.2) is 4.79 Å². The summed E-state index contributed by atoms with van der Waals surface area (Å²) in [6.07, 6.45) is 2.00. The van der Waals surface area contributed by atoms with Gasteiger partial charge in [0.05, 0.1) is 11.6 Å². The molecule has 1 atom stereocenters. The topological polar surface area (TPSA) is 79.0 Å². The predicted molar refractivity (Wildman–Crippen MR) is 81.0 cm³/mol. The molecule has 2 heterocycles. The van der Waals surface area contributed by atoms with Crippen LogP contribution >= 0.6 is 0 Å². The standard InChI is InChI=1S/C15H29N3O3/c1-14(2,3)21-13(20)17-9-6-15(10-16,11-17)18-7-4-12(19)5-8-18/h12,19H,4-11,16H2,1-3H3. The summed E-state index contributed by atoms with van der Waals surface area (Å²) < 4.78 is 5.45. The van der Waals surface area contributed by atoms with Gasteiger partial charge in [-0.3, -0.25) is 4.90 Å². The minimum Gasteiger partial charge on any atom is -0.444 e. The third-order valence-electron chi connectivity index (χ3n) is 4.50. The Labute approximate surface area is 127 Å². The Hall–Kier alpha value is -0.850. The van der Waals surface area contributed by atoms with Crippen LogP contribution in [0, 0.1) is 0 Å². The van der Waals surface area contributed by atoms with Crippen LogP contribution in [0.3, 0.4) is 0 Å². The fourth-order valence-corrected chi connectivity index (χ4v) is 3.23. The van der Waals surface area contributed by atoms with Crippen LogP contribution in [0.2, 0.25) is 0 Å². The number of nitrogens with zero attached hydrogens (tertiary/aromatic N) is 2. The van der Waals surface area contributed by atoms with Gasteiger partial charge < -0.3 is 20.5 Å². The van der Waals surface area contributed by atoms with Crippen molar-refractivity contribution in [1.29, 1.82) is 0 Å². The molecule has 2 aliphatic rings. The molecule has 0 aromatic carbocycles. The summed E-state index contributed by atoms with van der Waals surface area (Å²) in [6, 6.07) is 0. The van der Waals surface area contributed by atoms with Crippen molar-refractivity contribution in [3.05, 3.63) is 0 Å². The van der Waals surface area contributed by atoms with E-state index in [1.54, 1.807) is 4.90 Å². The van der Waals surface area contributed by atoms with Gasteiger partial charge in [0.2, 0.25) is 0 Å². The van der Waals surface area contributed by atoms with E-state index >= 15 is 0 Å². The number of likely N-dealkylation sites (tertiary alicyclic amines) is 2. The Bertz CT molecular complexity index is 375. The van der Waals surface area contributed by atoms with Crippen LogP contribution in [0.1, 0.15) is 40.0 Å². The van der Waals surface area contributed by atoms with E-state index in [0.29, 0.717) is 19.6 Å². The van der Waals surface area contributed by atoms with Crippen LogP contribution in [0.25, 0.3) is 0 Å². The Morgan fingerprint density at radius 2 is 1.95 bits per heavy atom. The zero-order chi connectivity index (χ0) is 15.7. The van der Waals surface area contributed by atoms with Crippen molar-refractivity contribution in [3.63, 3.8) is 0 Å². The van der Waals surface area contributed by atoms with E-state index in [-0.39, 0.29) is 17.7 Å². The molecule has 2 saturated heterocycles. The lowest BCUT2D eigenvalue weighted by molar-refractivity contribution is 0.0105. The van der Waals surface area contributed by atoms with Gasteiger partial charge in [0.25, 0.3) is 0 Å². The third-order valence-corrected chi connectivity index (χ3v) is 4.50. The van der Waals surface area contributed by atoms with Gasteiger partial charge in [-0.2, -0.15) is 0 Å². The second-order valence-corrected chi connectivity index (χ2v) is 7.30. The number of ether oxygens (including phenoxy) is 1. The predicted octanol–water partition coefficient (Wildman–Crippen LogP) is 0.781. The number of rotatable bonds is 2. The zero-order valence-electron chi connectivity index (χ0n) is 13.5. The lowest BCUT2D eigenvalue weighted by Gasteiger charge is -2.43. The number of hydrogen-bond acceptors (Lipinski definition) is 5. The summed E-state index contributed by atoms with van der Waals surface area (Å²) in [7, 11) is 0. The monoisotopic (exact) mass is 299 g/mol. The largest absolute Gasteiger partial charge is 0.444 e. The molecule has 0 bridgehead atoms. The van der Waals surface area contributed by atoms with E-state index in [2.05, 4.69) is 4.90 Å². The Kier molecular flexibility index (Phi) is 4.80. The highest BCUT2D eigenvalue weighted by Crippen LogP contribution is 2.31. The van der Waals surface area contributed by atoms with Gasteiger partial charge in [0.15, 0.2) is 0 Å². The summed E-state index contributed by atoms with van der Waals surface area (Å²) in [4.78, 5) is 16.3. The van der Waals surface area contributed by atoms with E-state index < -0.39 is 5.60 Å². The molecule has 1 amide bonds. The first kappa shape index (κ1) is 16.5. The minimum absolute atomic E-state index is 0.156. The molecule has 6 nitrogen and oxygen atoms in total. The van der Waals surface area contributed by atoms with Crippen molar-refractivity contribution in [1.82, 2.24) is 9.80 Å². The summed E-state index contributed by atoms with van der Waals surface area (Å²) in [5.41, 5.74) is 5.41. The summed E-state index contributed by atoms with van der Waals surface area (Å²) in [5, 5.41) is 9.65. The molecule has 2 fully saturated rings. The van der Waals surface area contributed by atoms with E-state index in [9.17, 15) is 9.90 Å². The van der Waals surface area contributed by atoms with Crippen LogP contribution in [0.15, 0.2) is 0 Å². The van der Waals surface area contributed by atoms with E-state index in [0.717, 1.165) is 32.4 Å². The number of piperidine rings is 1. The second-order valence-electron chi connectivity index (χ2n) is 7.30. The third kappa shape index (κ3) is 3.87. The molecule has 2 rings (SSSR count). The molecule has 0 aliphatic carbocycles. The molecule has 2 aliphatic heterocycles. The highest BCUT2D eigenvalue weighted by atomic mass is 16.6. The van der Waals surface area contributed by atoms with Gasteiger partial charge >= 0.3 is 6.09 Å². The number of aliphatic hydroxyl groups excluding tert-OH is 1. The van der Waals surface area contributed by atoms with E-state index in [1.165, 1.54) is 0 Å². The lowest BCUT2D eigenvalue weighted by Crippen LogP contribution is -2.58. The molecule has 0 radical (unpaired) electrons. The first-order valence-corrected chi connectivity index (χ1v) is 7.87. The molecular formula is C15H29N3O3. The number of carbonyl (C=O) groups excluding carboxylic acids is 1. The van der Waals surface area contributed by atoms with Crippen molar-refractivity contribution in [2.45, 2.75) is 57.3 Å². The molecule has 1 unspecified atom stereocenters. The quantitative estimate of drug-likeness (QED) is 0.788. The molecule has 0 aromatic heterocycles. The molecule has 6 heteroatoms. The number of hydrogen-bond donors (Lipinski definition) is 2. The maximum Gasteiger partial charge on any atom is 0.410 e. The minimum atomic E-state index is -0.472. The normalized spacial score (nSPS) is 28.9.